The lowest BCUT2D eigenvalue weighted by Gasteiger charge is -2.13. The lowest BCUT2D eigenvalue weighted by atomic mass is 10.2. The molecule has 0 aliphatic heterocycles. The maximum absolute atomic E-state index is 11.2. The summed E-state index contributed by atoms with van der Waals surface area (Å²) >= 11 is 0. The Balaban J connectivity index is 1.71. The molecule has 0 saturated carbocycles. The summed E-state index contributed by atoms with van der Waals surface area (Å²) in [5.74, 6) is 0.802. The summed E-state index contributed by atoms with van der Waals surface area (Å²) in [5.41, 5.74) is 3.46. The van der Waals surface area contributed by atoms with Gasteiger partial charge in [-0.05, 0) is 42.5 Å². The minimum Gasteiger partial charge on any atom is -0.378 e. The first-order valence-corrected chi connectivity index (χ1v) is 8.38. The van der Waals surface area contributed by atoms with Crippen molar-refractivity contribution in [3.05, 3.63) is 54.7 Å². The number of nitrogens with zero attached hydrogens (tertiary/aromatic N) is 4. The van der Waals surface area contributed by atoms with Crippen molar-refractivity contribution in [3.8, 4) is 0 Å². The zero-order chi connectivity index (χ0) is 19.2. The Hall–Kier alpha value is -3.68. The number of nitrogens with one attached hydrogen (secondary N) is 3. The van der Waals surface area contributed by atoms with Crippen molar-refractivity contribution in [2.75, 3.05) is 34.9 Å². The highest BCUT2D eigenvalue weighted by Gasteiger charge is 2.04. The van der Waals surface area contributed by atoms with Crippen LogP contribution in [0.1, 0.15) is 6.92 Å². The largest absolute Gasteiger partial charge is 0.378 e. The predicted molar refractivity (Wildman–Crippen MR) is 108 cm³/mol. The van der Waals surface area contributed by atoms with E-state index in [1.165, 1.54) is 13.1 Å². The van der Waals surface area contributed by atoms with Gasteiger partial charge in [0.05, 0.1) is 6.20 Å². The molecule has 0 spiro atoms. The van der Waals surface area contributed by atoms with Gasteiger partial charge in [-0.2, -0.15) is 10.1 Å². The van der Waals surface area contributed by atoms with E-state index in [-0.39, 0.29) is 5.91 Å². The molecular formula is C19H21N7O. The van der Waals surface area contributed by atoms with Gasteiger partial charge in [0.25, 0.3) is 0 Å². The molecule has 0 aliphatic rings. The van der Waals surface area contributed by atoms with E-state index < -0.39 is 0 Å². The Morgan fingerprint density at radius 1 is 0.963 bits per heavy atom. The van der Waals surface area contributed by atoms with E-state index in [4.69, 9.17) is 0 Å². The number of aromatic nitrogens is 3. The highest BCUT2D eigenvalue weighted by Crippen LogP contribution is 2.21. The Morgan fingerprint density at radius 3 is 2.41 bits per heavy atom. The van der Waals surface area contributed by atoms with E-state index >= 15 is 0 Å². The van der Waals surface area contributed by atoms with Crippen molar-refractivity contribution in [1.29, 1.82) is 0 Å². The fraction of sp³-hybridized carbons (Fsp3) is 0.158. The van der Waals surface area contributed by atoms with Crippen molar-refractivity contribution in [2.24, 2.45) is 0 Å². The highest BCUT2D eigenvalue weighted by atomic mass is 16.1. The van der Waals surface area contributed by atoms with E-state index in [1.54, 1.807) is 0 Å². The van der Waals surface area contributed by atoms with Crippen molar-refractivity contribution in [3.63, 3.8) is 0 Å². The van der Waals surface area contributed by atoms with Crippen molar-refractivity contribution >= 4 is 40.4 Å². The lowest BCUT2D eigenvalue weighted by Crippen LogP contribution is -2.08. The molecule has 0 radical (unpaired) electrons. The van der Waals surface area contributed by atoms with Crippen LogP contribution in [0.3, 0.4) is 0 Å². The van der Waals surface area contributed by atoms with Crippen LogP contribution in [0.2, 0.25) is 0 Å². The van der Waals surface area contributed by atoms with Gasteiger partial charge < -0.3 is 20.9 Å². The molecule has 1 aromatic heterocycles. The molecule has 0 saturated heterocycles. The molecule has 0 bridgehead atoms. The van der Waals surface area contributed by atoms with Gasteiger partial charge in [0.2, 0.25) is 11.9 Å². The van der Waals surface area contributed by atoms with E-state index in [1.807, 2.05) is 67.5 Å². The molecule has 3 N–H and O–H groups in total. The smallest absolute Gasteiger partial charge is 0.249 e. The normalized spacial score (nSPS) is 10.2. The number of carbonyl (C=O) groups is 1. The summed E-state index contributed by atoms with van der Waals surface area (Å²) in [6.07, 6.45) is 1.53. The van der Waals surface area contributed by atoms with Gasteiger partial charge in [0, 0.05) is 43.8 Å². The Labute approximate surface area is 157 Å². The molecule has 0 fully saturated rings. The first-order valence-electron chi connectivity index (χ1n) is 8.38. The van der Waals surface area contributed by atoms with Gasteiger partial charge >= 0.3 is 0 Å². The zero-order valence-corrected chi connectivity index (χ0v) is 15.4. The van der Waals surface area contributed by atoms with E-state index in [0.717, 1.165) is 17.1 Å². The molecule has 1 amide bonds. The average Bonchev–Trinajstić information content (AvgIpc) is 2.62. The quantitative estimate of drug-likeness (QED) is 0.618. The Morgan fingerprint density at radius 2 is 1.70 bits per heavy atom. The number of hydrogen-bond donors (Lipinski definition) is 3. The number of benzene rings is 2. The van der Waals surface area contributed by atoms with Gasteiger partial charge in [0.15, 0.2) is 5.82 Å². The second-order valence-electron chi connectivity index (χ2n) is 6.12. The molecule has 8 heteroatoms. The summed E-state index contributed by atoms with van der Waals surface area (Å²) < 4.78 is 0. The standard InChI is InChI=1S/C19H21N7O/c1-13(27)21-15-5-4-6-16(11-15)22-18-12-20-25-19(24-18)23-14-7-9-17(10-8-14)26(2)3/h4-12H,1-3H3,(H,21,27)(H2,22,23,24,25). The van der Waals surface area contributed by atoms with Gasteiger partial charge in [0.1, 0.15) is 0 Å². The third kappa shape index (κ3) is 5.15. The summed E-state index contributed by atoms with van der Waals surface area (Å²) in [6.45, 7) is 1.47. The summed E-state index contributed by atoms with van der Waals surface area (Å²) in [5, 5.41) is 17.0. The highest BCUT2D eigenvalue weighted by molar-refractivity contribution is 5.89. The van der Waals surface area contributed by atoms with Crippen LogP contribution in [0.15, 0.2) is 54.7 Å². The maximum atomic E-state index is 11.2. The van der Waals surface area contributed by atoms with Gasteiger partial charge in [-0.15, -0.1) is 5.10 Å². The van der Waals surface area contributed by atoms with Crippen molar-refractivity contribution in [1.82, 2.24) is 15.2 Å². The van der Waals surface area contributed by atoms with E-state index in [9.17, 15) is 4.79 Å². The lowest BCUT2D eigenvalue weighted by molar-refractivity contribution is -0.114. The number of amides is 1. The Bertz CT molecular complexity index is 925. The minimum atomic E-state index is -0.123. The first-order chi connectivity index (χ1) is 13.0. The number of rotatable bonds is 6. The number of hydrogen-bond acceptors (Lipinski definition) is 7. The molecule has 1 heterocycles. The molecule has 2 aromatic carbocycles. The molecule has 0 atom stereocenters. The van der Waals surface area contributed by atoms with Crippen LogP contribution in [0.4, 0.5) is 34.5 Å². The van der Waals surface area contributed by atoms with Crippen LogP contribution in [0.25, 0.3) is 0 Å². The molecule has 3 rings (SSSR count). The molecule has 27 heavy (non-hydrogen) atoms. The Kier molecular flexibility index (Phi) is 5.46. The van der Waals surface area contributed by atoms with Crippen molar-refractivity contribution in [2.45, 2.75) is 6.92 Å². The van der Waals surface area contributed by atoms with Crippen LogP contribution in [0.5, 0.6) is 0 Å². The second kappa shape index (κ2) is 8.13. The van der Waals surface area contributed by atoms with Gasteiger partial charge in [-0.3, -0.25) is 4.79 Å². The molecular weight excluding hydrogens is 342 g/mol. The first kappa shape index (κ1) is 18.1. The van der Waals surface area contributed by atoms with E-state index in [2.05, 4.69) is 31.1 Å². The topological polar surface area (TPSA) is 95.1 Å². The average molecular weight is 363 g/mol. The van der Waals surface area contributed by atoms with Crippen LogP contribution in [0, 0.1) is 0 Å². The summed E-state index contributed by atoms with van der Waals surface area (Å²) in [4.78, 5) is 17.6. The van der Waals surface area contributed by atoms with Gasteiger partial charge in [-0.1, -0.05) is 6.07 Å². The fourth-order valence-electron chi connectivity index (χ4n) is 2.41. The predicted octanol–water partition coefficient (Wildman–Crippen LogP) is 3.38. The molecule has 0 aliphatic carbocycles. The van der Waals surface area contributed by atoms with Crippen LogP contribution in [-0.2, 0) is 4.79 Å². The number of carbonyl (C=O) groups excluding carboxylic acids is 1. The second-order valence-corrected chi connectivity index (χ2v) is 6.12. The molecule has 138 valence electrons. The SMILES string of the molecule is CC(=O)Nc1cccc(Nc2cnnc(Nc3ccc(N(C)C)cc3)n2)c1. The zero-order valence-electron chi connectivity index (χ0n) is 15.4. The monoisotopic (exact) mass is 363 g/mol. The molecule has 0 unspecified atom stereocenters. The third-order valence-electron chi connectivity index (χ3n) is 3.65. The summed E-state index contributed by atoms with van der Waals surface area (Å²) in [7, 11) is 3.98. The van der Waals surface area contributed by atoms with Crippen LogP contribution >= 0.6 is 0 Å². The third-order valence-corrected chi connectivity index (χ3v) is 3.65. The van der Waals surface area contributed by atoms with Crippen LogP contribution in [-0.4, -0.2) is 35.2 Å². The van der Waals surface area contributed by atoms with Crippen LogP contribution < -0.4 is 20.9 Å². The number of anilines is 6. The van der Waals surface area contributed by atoms with Gasteiger partial charge in [-0.25, -0.2) is 0 Å². The molecule has 3 aromatic rings. The minimum absolute atomic E-state index is 0.123. The maximum Gasteiger partial charge on any atom is 0.249 e. The van der Waals surface area contributed by atoms with Crippen molar-refractivity contribution < 1.29 is 4.79 Å². The van der Waals surface area contributed by atoms with E-state index in [0.29, 0.717) is 17.5 Å². The molecule has 8 nitrogen and oxygen atoms in total. The fourth-order valence-corrected chi connectivity index (χ4v) is 2.41. The summed E-state index contributed by atoms with van der Waals surface area (Å²) in [6, 6.07) is 15.3.